The van der Waals surface area contributed by atoms with E-state index < -0.39 is 0 Å². The normalized spacial score (nSPS) is 13.7. The monoisotopic (exact) mass is 327 g/mol. The molecule has 120 valence electrons. The summed E-state index contributed by atoms with van der Waals surface area (Å²) in [4.78, 5) is 0. The van der Waals surface area contributed by atoms with Gasteiger partial charge in [-0.15, -0.1) is 16.8 Å². The van der Waals surface area contributed by atoms with E-state index >= 15 is 0 Å². The Morgan fingerprint density at radius 2 is 2.04 bits per heavy atom. The molecule has 0 amide bonds. The highest BCUT2D eigenvalue weighted by molar-refractivity contribution is 7.80. The van der Waals surface area contributed by atoms with Crippen LogP contribution >= 0.6 is 12.2 Å². The SMILES string of the molecule is C=CCNC(=S)Nc1ccc(-c2nnc3n2CCCCC3)cc1. The average Bonchev–Trinajstić information content (AvgIpc) is 2.82. The minimum atomic E-state index is 0.592. The number of fused-ring (bicyclic) bond motifs is 1. The van der Waals surface area contributed by atoms with Crippen molar-refractivity contribution in [2.75, 3.05) is 11.9 Å². The van der Waals surface area contributed by atoms with Crippen LogP contribution in [0.25, 0.3) is 11.4 Å². The second kappa shape index (κ2) is 7.37. The Morgan fingerprint density at radius 1 is 1.22 bits per heavy atom. The van der Waals surface area contributed by atoms with Gasteiger partial charge in [-0.25, -0.2) is 0 Å². The molecule has 0 atom stereocenters. The molecule has 0 bridgehead atoms. The van der Waals surface area contributed by atoms with Crippen molar-refractivity contribution in [2.24, 2.45) is 0 Å². The van der Waals surface area contributed by atoms with Gasteiger partial charge in [0, 0.05) is 30.8 Å². The molecule has 0 radical (unpaired) electrons. The van der Waals surface area contributed by atoms with Gasteiger partial charge in [-0.05, 0) is 49.3 Å². The van der Waals surface area contributed by atoms with Gasteiger partial charge in [0.15, 0.2) is 10.9 Å². The molecular weight excluding hydrogens is 306 g/mol. The standard InChI is InChI=1S/C17H21N5S/c1-2-11-18-17(23)19-14-9-7-13(8-10-14)16-21-20-15-6-4-3-5-12-22(15)16/h2,7-10H,1,3-6,11-12H2,(H2,18,19,23). The predicted octanol–water partition coefficient (Wildman–Crippen LogP) is 3.14. The zero-order valence-corrected chi connectivity index (χ0v) is 13.9. The average molecular weight is 327 g/mol. The lowest BCUT2D eigenvalue weighted by molar-refractivity contribution is 0.636. The molecule has 1 aromatic carbocycles. The first-order valence-electron chi connectivity index (χ1n) is 7.96. The summed E-state index contributed by atoms with van der Waals surface area (Å²) in [5.41, 5.74) is 2.03. The minimum Gasteiger partial charge on any atom is -0.359 e. The number of aromatic nitrogens is 3. The molecule has 2 aromatic rings. The zero-order valence-electron chi connectivity index (χ0n) is 13.1. The first kappa shape index (κ1) is 15.7. The van der Waals surface area contributed by atoms with Crippen LogP contribution in [0.3, 0.4) is 0 Å². The third kappa shape index (κ3) is 3.76. The Kier molecular flexibility index (Phi) is 5.02. The van der Waals surface area contributed by atoms with E-state index in [0.717, 1.165) is 35.9 Å². The van der Waals surface area contributed by atoms with Crippen LogP contribution < -0.4 is 10.6 Å². The maximum absolute atomic E-state index is 5.21. The van der Waals surface area contributed by atoms with Crippen molar-refractivity contribution in [3.05, 3.63) is 42.7 Å². The highest BCUT2D eigenvalue weighted by atomic mass is 32.1. The summed E-state index contributed by atoms with van der Waals surface area (Å²) < 4.78 is 2.26. The van der Waals surface area contributed by atoms with Gasteiger partial charge in [0.2, 0.25) is 0 Å². The molecule has 6 heteroatoms. The molecule has 0 spiro atoms. The van der Waals surface area contributed by atoms with Crippen LogP contribution in [0.1, 0.15) is 25.1 Å². The number of thiocarbonyl (C=S) groups is 1. The van der Waals surface area contributed by atoms with Crippen LogP contribution in [-0.4, -0.2) is 26.4 Å². The van der Waals surface area contributed by atoms with Crippen LogP contribution in [0, 0.1) is 0 Å². The quantitative estimate of drug-likeness (QED) is 0.667. The highest BCUT2D eigenvalue weighted by Crippen LogP contribution is 2.23. The molecular formula is C17H21N5S. The Morgan fingerprint density at radius 3 is 2.83 bits per heavy atom. The van der Waals surface area contributed by atoms with E-state index in [1.807, 2.05) is 12.1 Å². The van der Waals surface area contributed by atoms with Gasteiger partial charge >= 0.3 is 0 Å². The molecule has 2 heterocycles. The van der Waals surface area contributed by atoms with Crippen LogP contribution in [0.5, 0.6) is 0 Å². The van der Waals surface area contributed by atoms with Crippen molar-refractivity contribution in [2.45, 2.75) is 32.2 Å². The maximum atomic E-state index is 5.21. The molecule has 2 N–H and O–H groups in total. The fraction of sp³-hybridized carbons (Fsp3) is 0.353. The number of anilines is 1. The van der Waals surface area contributed by atoms with Gasteiger partial charge in [-0.3, -0.25) is 0 Å². The molecule has 3 rings (SSSR count). The smallest absolute Gasteiger partial charge is 0.171 e. The molecule has 0 unspecified atom stereocenters. The third-order valence-electron chi connectivity index (χ3n) is 3.92. The lowest BCUT2D eigenvalue weighted by Crippen LogP contribution is -2.28. The van der Waals surface area contributed by atoms with E-state index in [4.69, 9.17) is 12.2 Å². The highest BCUT2D eigenvalue weighted by Gasteiger charge is 2.15. The largest absolute Gasteiger partial charge is 0.359 e. The molecule has 0 saturated carbocycles. The van der Waals surface area contributed by atoms with Gasteiger partial charge in [0.1, 0.15) is 5.82 Å². The van der Waals surface area contributed by atoms with Crippen molar-refractivity contribution in [1.29, 1.82) is 0 Å². The molecule has 0 saturated heterocycles. The van der Waals surface area contributed by atoms with Crippen molar-refractivity contribution in [3.8, 4) is 11.4 Å². The zero-order chi connectivity index (χ0) is 16.1. The second-order valence-corrected chi connectivity index (χ2v) is 6.01. The summed E-state index contributed by atoms with van der Waals surface area (Å²) in [7, 11) is 0. The number of hydrogen-bond donors (Lipinski definition) is 2. The van der Waals surface area contributed by atoms with Crippen LogP contribution in [-0.2, 0) is 13.0 Å². The molecule has 23 heavy (non-hydrogen) atoms. The summed E-state index contributed by atoms with van der Waals surface area (Å²) in [6.45, 7) is 5.31. The minimum absolute atomic E-state index is 0.592. The maximum Gasteiger partial charge on any atom is 0.171 e. The number of aryl methyl sites for hydroxylation is 1. The van der Waals surface area contributed by atoms with Gasteiger partial charge in [0.05, 0.1) is 0 Å². The van der Waals surface area contributed by atoms with E-state index in [-0.39, 0.29) is 0 Å². The summed E-state index contributed by atoms with van der Waals surface area (Å²) in [6, 6.07) is 8.13. The molecule has 0 aliphatic carbocycles. The lowest BCUT2D eigenvalue weighted by atomic mass is 10.2. The molecule has 0 fully saturated rings. The Bertz CT molecular complexity index is 690. The molecule has 1 aliphatic rings. The van der Waals surface area contributed by atoms with Crippen molar-refractivity contribution in [3.63, 3.8) is 0 Å². The van der Waals surface area contributed by atoms with Crippen molar-refractivity contribution >= 4 is 23.0 Å². The van der Waals surface area contributed by atoms with Crippen molar-refractivity contribution in [1.82, 2.24) is 20.1 Å². The number of benzene rings is 1. The first-order chi connectivity index (χ1) is 11.3. The fourth-order valence-electron chi connectivity index (χ4n) is 2.74. The van der Waals surface area contributed by atoms with Crippen LogP contribution in [0.15, 0.2) is 36.9 Å². The van der Waals surface area contributed by atoms with Crippen LogP contribution in [0.4, 0.5) is 5.69 Å². The van der Waals surface area contributed by atoms with E-state index in [9.17, 15) is 0 Å². The second-order valence-electron chi connectivity index (χ2n) is 5.60. The van der Waals surface area contributed by atoms with E-state index in [1.165, 1.54) is 19.3 Å². The number of nitrogens with one attached hydrogen (secondary N) is 2. The van der Waals surface area contributed by atoms with E-state index in [0.29, 0.717) is 11.7 Å². The fourth-order valence-corrected chi connectivity index (χ4v) is 2.94. The van der Waals surface area contributed by atoms with Gasteiger partial charge in [-0.2, -0.15) is 0 Å². The van der Waals surface area contributed by atoms with Gasteiger partial charge < -0.3 is 15.2 Å². The lowest BCUT2D eigenvalue weighted by Gasteiger charge is -2.10. The Hall–Kier alpha value is -2.21. The first-order valence-corrected chi connectivity index (χ1v) is 8.37. The Balaban J connectivity index is 1.74. The third-order valence-corrected chi connectivity index (χ3v) is 4.16. The number of hydrogen-bond acceptors (Lipinski definition) is 3. The molecule has 5 nitrogen and oxygen atoms in total. The molecule has 1 aromatic heterocycles. The number of rotatable bonds is 4. The van der Waals surface area contributed by atoms with Crippen LogP contribution in [0.2, 0.25) is 0 Å². The van der Waals surface area contributed by atoms with Crippen molar-refractivity contribution < 1.29 is 0 Å². The van der Waals surface area contributed by atoms with E-state index in [2.05, 4.69) is 44.1 Å². The molecule has 1 aliphatic heterocycles. The topological polar surface area (TPSA) is 54.8 Å². The van der Waals surface area contributed by atoms with Gasteiger partial charge in [0.25, 0.3) is 0 Å². The summed E-state index contributed by atoms with van der Waals surface area (Å²) in [6.07, 6.45) is 6.46. The Labute approximate surface area is 141 Å². The van der Waals surface area contributed by atoms with Gasteiger partial charge in [-0.1, -0.05) is 12.5 Å². The summed E-state index contributed by atoms with van der Waals surface area (Å²) >= 11 is 5.21. The number of nitrogens with zero attached hydrogens (tertiary/aromatic N) is 3. The summed E-state index contributed by atoms with van der Waals surface area (Å²) in [5, 5.41) is 15.5. The summed E-state index contributed by atoms with van der Waals surface area (Å²) in [5.74, 6) is 2.07. The predicted molar refractivity (Wildman–Crippen MR) is 97.4 cm³/mol. The van der Waals surface area contributed by atoms with E-state index in [1.54, 1.807) is 6.08 Å².